The van der Waals surface area contributed by atoms with E-state index < -0.39 is 0 Å². The summed E-state index contributed by atoms with van der Waals surface area (Å²) in [4.78, 5) is 19.1. The van der Waals surface area contributed by atoms with Crippen LogP contribution in [-0.2, 0) is 4.79 Å². The number of benzene rings is 1. The van der Waals surface area contributed by atoms with E-state index in [0.29, 0.717) is 10.8 Å². The lowest BCUT2D eigenvalue weighted by molar-refractivity contribution is -0.123. The van der Waals surface area contributed by atoms with Gasteiger partial charge in [0, 0.05) is 12.4 Å². The predicted octanol–water partition coefficient (Wildman–Crippen LogP) is 3.02. The van der Waals surface area contributed by atoms with Gasteiger partial charge in [0.2, 0.25) is 0 Å². The Kier molecular flexibility index (Phi) is 5.22. The topological polar surface area (TPSA) is 67.0 Å². The lowest BCUT2D eigenvalue weighted by atomic mass is 10.2. The molecule has 2 aromatic rings. The standard InChI is InChI=1S/C15H18ClN3O2/c1-3-12(15-17-6-7-18-15)19-14(20)9-21-13-8-10(2)4-5-11(13)16/h4-8,12H,3,9H2,1-2H3,(H,17,18)(H,19,20). The first-order valence-corrected chi connectivity index (χ1v) is 7.15. The number of amides is 1. The van der Waals surface area contributed by atoms with Crippen LogP contribution in [0.4, 0.5) is 0 Å². The molecule has 0 bridgehead atoms. The van der Waals surface area contributed by atoms with Crippen molar-refractivity contribution in [3.63, 3.8) is 0 Å². The molecule has 0 aliphatic rings. The summed E-state index contributed by atoms with van der Waals surface area (Å²) in [5.74, 6) is 1.04. The van der Waals surface area contributed by atoms with Crippen molar-refractivity contribution in [2.75, 3.05) is 6.61 Å². The number of rotatable bonds is 6. The van der Waals surface area contributed by atoms with Gasteiger partial charge in [0.15, 0.2) is 6.61 Å². The average molecular weight is 308 g/mol. The lowest BCUT2D eigenvalue weighted by Crippen LogP contribution is -2.33. The minimum atomic E-state index is -0.212. The van der Waals surface area contributed by atoms with E-state index in [0.717, 1.165) is 17.8 Å². The first-order chi connectivity index (χ1) is 10.1. The zero-order valence-electron chi connectivity index (χ0n) is 12.0. The van der Waals surface area contributed by atoms with E-state index in [2.05, 4.69) is 15.3 Å². The van der Waals surface area contributed by atoms with Crippen LogP contribution in [0.2, 0.25) is 5.02 Å². The van der Waals surface area contributed by atoms with E-state index in [1.54, 1.807) is 24.5 Å². The van der Waals surface area contributed by atoms with Crippen molar-refractivity contribution >= 4 is 17.5 Å². The first-order valence-electron chi connectivity index (χ1n) is 6.77. The van der Waals surface area contributed by atoms with Crippen LogP contribution in [0.3, 0.4) is 0 Å². The summed E-state index contributed by atoms with van der Waals surface area (Å²) in [6.07, 6.45) is 4.13. The molecule has 112 valence electrons. The Hall–Kier alpha value is -2.01. The van der Waals surface area contributed by atoms with Gasteiger partial charge in [0.05, 0.1) is 11.1 Å². The Morgan fingerprint density at radius 1 is 1.52 bits per heavy atom. The van der Waals surface area contributed by atoms with Crippen molar-refractivity contribution in [3.05, 3.63) is 47.0 Å². The van der Waals surface area contributed by atoms with Gasteiger partial charge in [-0.1, -0.05) is 24.6 Å². The molecule has 1 aromatic carbocycles. The van der Waals surface area contributed by atoms with Gasteiger partial charge in [-0.2, -0.15) is 0 Å². The highest BCUT2D eigenvalue weighted by atomic mass is 35.5. The number of carbonyl (C=O) groups is 1. The van der Waals surface area contributed by atoms with Crippen LogP contribution in [0, 0.1) is 6.92 Å². The molecule has 0 fully saturated rings. The van der Waals surface area contributed by atoms with E-state index in [4.69, 9.17) is 16.3 Å². The molecule has 0 aliphatic carbocycles. The smallest absolute Gasteiger partial charge is 0.258 e. The molecular formula is C15H18ClN3O2. The minimum Gasteiger partial charge on any atom is -0.482 e. The van der Waals surface area contributed by atoms with Gasteiger partial charge in [-0.05, 0) is 31.0 Å². The maximum absolute atomic E-state index is 12.0. The molecule has 1 amide bonds. The Balaban J connectivity index is 1.91. The number of aromatic nitrogens is 2. The quantitative estimate of drug-likeness (QED) is 0.862. The van der Waals surface area contributed by atoms with E-state index in [9.17, 15) is 4.79 Å². The Morgan fingerprint density at radius 2 is 2.33 bits per heavy atom. The summed E-state index contributed by atoms with van der Waals surface area (Å²) < 4.78 is 5.47. The van der Waals surface area contributed by atoms with E-state index in [-0.39, 0.29) is 18.6 Å². The highest BCUT2D eigenvalue weighted by Crippen LogP contribution is 2.25. The zero-order valence-corrected chi connectivity index (χ0v) is 12.8. The second-order valence-corrected chi connectivity index (χ2v) is 5.13. The molecule has 1 aromatic heterocycles. The van der Waals surface area contributed by atoms with Crippen LogP contribution in [-0.4, -0.2) is 22.5 Å². The third kappa shape index (κ3) is 4.23. The SMILES string of the molecule is CCC(NC(=O)COc1cc(C)ccc1Cl)c1ncc[nH]1. The number of nitrogens with one attached hydrogen (secondary N) is 2. The van der Waals surface area contributed by atoms with Gasteiger partial charge in [-0.15, -0.1) is 0 Å². The number of aromatic amines is 1. The Labute approximate surface area is 128 Å². The second-order valence-electron chi connectivity index (χ2n) is 4.73. The monoisotopic (exact) mass is 307 g/mol. The number of carbonyl (C=O) groups excluding carboxylic acids is 1. The molecule has 5 nitrogen and oxygen atoms in total. The van der Waals surface area contributed by atoms with Crippen molar-refractivity contribution in [1.82, 2.24) is 15.3 Å². The minimum absolute atomic E-state index is 0.0830. The number of imidazole rings is 1. The predicted molar refractivity (Wildman–Crippen MR) is 81.4 cm³/mol. The molecule has 2 N–H and O–H groups in total. The molecular weight excluding hydrogens is 290 g/mol. The number of nitrogens with zero attached hydrogens (tertiary/aromatic N) is 1. The van der Waals surface area contributed by atoms with Crippen LogP contribution < -0.4 is 10.1 Å². The third-order valence-corrected chi connectivity index (χ3v) is 3.35. The van der Waals surface area contributed by atoms with Crippen molar-refractivity contribution in [2.24, 2.45) is 0 Å². The second kappa shape index (κ2) is 7.13. The summed E-state index contributed by atoms with van der Waals surface area (Å²) in [6.45, 7) is 3.83. The van der Waals surface area contributed by atoms with Crippen molar-refractivity contribution in [3.8, 4) is 5.75 Å². The molecule has 0 saturated carbocycles. The van der Waals surface area contributed by atoms with E-state index in [1.165, 1.54) is 0 Å². The van der Waals surface area contributed by atoms with Crippen LogP contribution >= 0.6 is 11.6 Å². The normalized spacial score (nSPS) is 12.0. The molecule has 21 heavy (non-hydrogen) atoms. The molecule has 0 aliphatic heterocycles. The van der Waals surface area contributed by atoms with Crippen LogP contribution in [0.15, 0.2) is 30.6 Å². The van der Waals surface area contributed by atoms with Gasteiger partial charge in [0.25, 0.3) is 5.91 Å². The third-order valence-electron chi connectivity index (χ3n) is 3.04. The molecule has 1 heterocycles. The molecule has 1 atom stereocenters. The molecule has 0 saturated heterocycles. The maximum atomic E-state index is 12.0. The molecule has 0 spiro atoms. The van der Waals surface area contributed by atoms with Gasteiger partial charge in [-0.25, -0.2) is 4.98 Å². The summed E-state index contributed by atoms with van der Waals surface area (Å²) in [5, 5.41) is 3.36. The van der Waals surface area contributed by atoms with Crippen LogP contribution in [0.5, 0.6) is 5.75 Å². The lowest BCUT2D eigenvalue weighted by Gasteiger charge is -2.15. The van der Waals surface area contributed by atoms with Crippen LogP contribution in [0.1, 0.15) is 30.8 Å². The highest BCUT2D eigenvalue weighted by molar-refractivity contribution is 6.32. The van der Waals surface area contributed by atoms with Crippen molar-refractivity contribution in [2.45, 2.75) is 26.3 Å². The number of hydrogen-bond acceptors (Lipinski definition) is 3. The number of ether oxygens (including phenoxy) is 1. The first kappa shape index (κ1) is 15.4. The Morgan fingerprint density at radius 3 is 3.00 bits per heavy atom. The largest absolute Gasteiger partial charge is 0.482 e. The van der Waals surface area contributed by atoms with Gasteiger partial charge in [-0.3, -0.25) is 4.79 Å². The number of hydrogen-bond donors (Lipinski definition) is 2. The summed E-state index contributed by atoms with van der Waals surface area (Å²) in [5.41, 5.74) is 1.02. The fourth-order valence-corrected chi connectivity index (χ4v) is 2.10. The molecule has 0 radical (unpaired) electrons. The highest BCUT2D eigenvalue weighted by Gasteiger charge is 2.15. The molecule has 6 heteroatoms. The average Bonchev–Trinajstić information content (AvgIpc) is 2.99. The number of halogens is 1. The van der Waals surface area contributed by atoms with Gasteiger partial charge < -0.3 is 15.0 Å². The van der Waals surface area contributed by atoms with E-state index in [1.807, 2.05) is 19.9 Å². The Bertz CT molecular complexity index is 599. The number of aryl methyl sites for hydroxylation is 1. The summed E-state index contributed by atoms with van der Waals surface area (Å²) in [6, 6.07) is 5.30. The van der Waals surface area contributed by atoms with Crippen molar-refractivity contribution in [1.29, 1.82) is 0 Å². The van der Waals surface area contributed by atoms with Crippen molar-refractivity contribution < 1.29 is 9.53 Å². The van der Waals surface area contributed by atoms with E-state index >= 15 is 0 Å². The van der Waals surface area contributed by atoms with Crippen LogP contribution in [0.25, 0.3) is 0 Å². The van der Waals surface area contributed by atoms with Gasteiger partial charge >= 0.3 is 0 Å². The summed E-state index contributed by atoms with van der Waals surface area (Å²) in [7, 11) is 0. The molecule has 1 unspecified atom stereocenters. The zero-order chi connectivity index (χ0) is 15.2. The molecule has 2 rings (SSSR count). The summed E-state index contributed by atoms with van der Waals surface area (Å²) >= 11 is 6.02. The maximum Gasteiger partial charge on any atom is 0.258 e. The fraction of sp³-hybridized carbons (Fsp3) is 0.333. The fourth-order valence-electron chi connectivity index (χ4n) is 1.93. The number of H-pyrrole nitrogens is 1. The van der Waals surface area contributed by atoms with Gasteiger partial charge in [0.1, 0.15) is 11.6 Å².